The van der Waals surface area contributed by atoms with E-state index in [9.17, 15) is 14.0 Å². The number of hydrogen-bond donors (Lipinski definition) is 0. The fraction of sp³-hybridized carbons (Fsp3) is 0.190. The van der Waals surface area contributed by atoms with Crippen LogP contribution in [0.15, 0.2) is 54.6 Å². The molecular weight excluding hydrogens is 345 g/mol. The van der Waals surface area contributed by atoms with Crippen molar-refractivity contribution in [2.75, 3.05) is 7.05 Å². The normalized spacial score (nSPS) is 10.7. The summed E-state index contributed by atoms with van der Waals surface area (Å²) in [5.74, 6) is -1.65. The van der Waals surface area contributed by atoms with Crippen molar-refractivity contribution in [3.05, 3.63) is 82.9 Å². The predicted molar refractivity (Wildman–Crippen MR) is 100 cm³/mol. The first-order chi connectivity index (χ1) is 12.9. The second-order valence-electron chi connectivity index (χ2n) is 6.41. The average Bonchev–Trinajstić information content (AvgIpc) is 2.95. The number of Topliss-reactive ketones (excluding diaryl/α,β-unsaturated/α-hetero) is 1. The highest BCUT2D eigenvalue weighted by atomic mass is 19.1. The number of likely N-dealkylation sites (N-methyl/N-ethyl adjacent to an activating group) is 1. The lowest BCUT2D eigenvalue weighted by atomic mass is 10.1. The van der Waals surface area contributed by atoms with Crippen LogP contribution in [0.25, 0.3) is 5.69 Å². The number of rotatable bonds is 5. The summed E-state index contributed by atoms with van der Waals surface area (Å²) in [4.78, 5) is 26.7. The number of halogens is 1. The second kappa shape index (κ2) is 7.53. The zero-order valence-corrected chi connectivity index (χ0v) is 15.4. The number of benzene rings is 2. The number of carbonyl (C=O) groups excluding carboxylic acids is 2. The van der Waals surface area contributed by atoms with Gasteiger partial charge in [-0.1, -0.05) is 30.3 Å². The van der Waals surface area contributed by atoms with Gasteiger partial charge in [0.25, 0.3) is 11.7 Å². The van der Waals surface area contributed by atoms with Crippen LogP contribution < -0.4 is 0 Å². The van der Waals surface area contributed by atoms with Crippen LogP contribution in [-0.2, 0) is 11.3 Å². The van der Waals surface area contributed by atoms with Crippen molar-refractivity contribution in [3.63, 3.8) is 0 Å². The van der Waals surface area contributed by atoms with Gasteiger partial charge in [0.05, 0.1) is 22.6 Å². The molecule has 0 aliphatic heterocycles. The largest absolute Gasteiger partial charge is 0.335 e. The Hall–Kier alpha value is -3.28. The van der Waals surface area contributed by atoms with E-state index in [1.807, 2.05) is 30.3 Å². The van der Waals surface area contributed by atoms with E-state index in [2.05, 4.69) is 5.10 Å². The Labute approximate surface area is 157 Å². The first-order valence-corrected chi connectivity index (χ1v) is 8.54. The summed E-state index contributed by atoms with van der Waals surface area (Å²) in [6, 6.07) is 15.4. The summed E-state index contributed by atoms with van der Waals surface area (Å²) in [7, 11) is 1.53. The molecule has 1 heterocycles. The molecule has 6 heteroatoms. The van der Waals surface area contributed by atoms with E-state index < -0.39 is 11.7 Å². The Morgan fingerprint density at radius 3 is 2.44 bits per heavy atom. The Kier molecular flexibility index (Phi) is 5.16. The van der Waals surface area contributed by atoms with Crippen LogP contribution in [0.5, 0.6) is 0 Å². The number of aryl methyl sites for hydroxylation is 1. The Morgan fingerprint density at radius 1 is 1.07 bits per heavy atom. The van der Waals surface area contributed by atoms with Gasteiger partial charge < -0.3 is 4.90 Å². The van der Waals surface area contributed by atoms with Crippen LogP contribution in [0.3, 0.4) is 0 Å². The Bertz CT molecular complexity index is 996. The minimum Gasteiger partial charge on any atom is -0.335 e. The van der Waals surface area contributed by atoms with E-state index in [0.717, 1.165) is 5.69 Å². The molecule has 0 unspecified atom stereocenters. The molecule has 0 aliphatic carbocycles. The van der Waals surface area contributed by atoms with E-state index in [4.69, 9.17) is 0 Å². The number of carbonyl (C=O) groups is 2. The van der Waals surface area contributed by atoms with Gasteiger partial charge in [-0.25, -0.2) is 9.07 Å². The quantitative estimate of drug-likeness (QED) is 0.514. The van der Waals surface area contributed by atoms with E-state index in [0.29, 0.717) is 22.5 Å². The first kappa shape index (κ1) is 18.5. The van der Waals surface area contributed by atoms with Gasteiger partial charge in [-0.05, 0) is 43.7 Å². The number of nitrogens with zero attached hydrogens (tertiary/aromatic N) is 3. The molecular formula is C21H20FN3O2. The van der Waals surface area contributed by atoms with Crippen LogP contribution >= 0.6 is 0 Å². The third-order valence-electron chi connectivity index (χ3n) is 4.37. The van der Waals surface area contributed by atoms with Crippen molar-refractivity contribution >= 4 is 11.7 Å². The minimum atomic E-state index is -0.655. The molecule has 3 rings (SSSR count). The smallest absolute Gasteiger partial charge is 0.295 e. The summed E-state index contributed by atoms with van der Waals surface area (Å²) in [5.41, 5.74) is 2.84. The molecule has 0 spiro atoms. The van der Waals surface area contributed by atoms with Gasteiger partial charge >= 0.3 is 0 Å². The van der Waals surface area contributed by atoms with Crippen LogP contribution in [0.2, 0.25) is 0 Å². The van der Waals surface area contributed by atoms with Crippen LogP contribution in [-0.4, -0.2) is 33.4 Å². The van der Waals surface area contributed by atoms with Gasteiger partial charge in [-0.3, -0.25) is 9.59 Å². The lowest BCUT2D eigenvalue weighted by Gasteiger charge is -2.16. The van der Waals surface area contributed by atoms with Crippen LogP contribution in [0.1, 0.15) is 27.3 Å². The van der Waals surface area contributed by atoms with E-state index in [1.54, 1.807) is 30.7 Å². The zero-order chi connectivity index (χ0) is 19.6. The van der Waals surface area contributed by atoms with Gasteiger partial charge in [0, 0.05) is 13.6 Å². The van der Waals surface area contributed by atoms with E-state index >= 15 is 0 Å². The molecule has 2 aromatic carbocycles. The number of aromatic nitrogens is 2. The van der Waals surface area contributed by atoms with E-state index in [-0.39, 0.29) is 12.4 Å². The highest BCUT2D eigenvalue weighted by Crippen LogP contribution is 2.19. The Morgan fingerprint density at radius 2 is 1.78 bits per heavy atom. The topological polar surface area (TPSA) is 55.2 Å². The van der Waals surface area contributed by atoms with Gasteiger partial charge in [0.15, 0.2) is 0 Å². The molecule has 0 aliphatic rings. The van der Waals surface area contributed by atoms with E-state index in [1.165, 1.54) is 24.1 Å². The lowest BCUT2D eigenvalue weighted by Crippen LogP contribution is -2.33. The molecule has 0 bridgehead atoms. The average molecular weight is 365 g/mol. The zero-order valence-electron chi connectivity index (χ0n) is 15.4. The molecule has 5 nitrogen and oxygen atoms in total. The molecule has 0 saturated heterocycles. The number of amides is 1. The van der Waals surface area contributed by atoms with Gasteiger partial charge in [0.1, 0.15) is 5.82 Å². The van der Waals surface area contributed by atoms with Gasteiger partial charge in [-0.2, -0.15) is 5.10 Å². The second-order valence-corrected chi connectivity index (χ2v) is 6.41. The summed E-state index contributed by atoms with van der Waals surface area (Å²) < 4.78 is 15.0. The van der Waals surface area contributed by atoms with Gasteiger partial charge in [0.2, 0.25) is 0 Å². The summed E-state index contributed by atoms with van der Waals surface area (Å²) >= 11 is 0. The highest BCUT2D eigenvalue weighted by Gasteiger charge is 2.27. The summed E-state index contributed by atoms with van der Waals surface area (Å²) in [6.07, 6.45) is 0. The van der Waals surface area contributed by atoms with Crippen LogP contribution in [0.4, 0.5) is 4.39 Å². The highest BCUT2D eigenvalue weighted by molar-refractivity contribution is 6.43. The molecule has 0 radical (unpaired) electrons. The standard InChI is InChI=1S/C21H20FN3O2/c1-14-19(15(2)25(23-14)18-10-5-4-6-11-18)20(26)21(27)24(3)13-16-8-7-9-17(22)12-16/h4-12H,13H2,1-3H3. The summed E-state index contributed by atoms with van der Waals surface area (Å²) in [6.45, 7) is 3.62. The molecule has 27 heavy (non-hydrogen) atoms. The maximum atomic E-state index is 13.3. The molecule has 138 valence electrons. The molecule has 1 aromatic heterocycles. The fourth-order valence-electron chi connectivity index (χ4n) is 3.05. The predicted octanol–water partition coefficient (Wildman–Crippen LogP) is 3.47. The Balaban J connectivity index is 1.85. The summed E-state index contributed by atoms with van der Waals surface area (Å²) in [5, 5.41) is 4.41. The maximum Gasteiger partial charge on any atom is 0.295 e. The van der Waals surface area contributed by atoms with Crippen molar-refractivity contribution in [1.82, 2.24) is 14.7 Å². The maximum absolute atomic E-state index is 13.3. The third kappa shape index (κ3) is 3.79. The number of ketones is 1. The van der Waals surface area contributed by atoms with Crippen molar-refractivity contribution in [2.45, 2.75) is 20.4 Å². The van der Waals surface area contributed by atoms with Crippen molar-refractivity contribution < 1.29 is 14.0 Å². The molecule has 0 saturated carbocycles. The monoisotopic (exact) mass is 365 g/mol. The van der Waals surface area contributed by atoms with Crippen molar-refractivity contribution in [3.8, 4) is 5.69 Å². The first-order valence-electron chi connectivity index (χ1n) is 8.54. The lowest BCUT2D eigenvalue weighted by molar-refractivity contribution is -0.125. The molecule has 3 aromatic rings. The molecule has 0 N–H and O–H groups in total. The van der Waals surface area contributed by atoms with Crippen molar-refractivity contribution in [2.24, 2.45) is 0 Å². The SMILES string of the molecule is Cc1nn(-c2ccccc2)c(C)c1C(=O)C(=O)N(C)Cc1cccc(F)c1. The number of para-hydroxylation sites is 1. The van der Waals surface area contributed by atoms with Crippen molar-refractivity contribution in [1.29, 1.82) is 0 Å². The molecule has 0 fully saturated rings. The molecule has 0 atom stereocenters. The van der Waals surface area contributed by atoms with Gasteiger partial charge in [-0.15, -0.1) is 0 Å². The third-order valence-corrected chi connectivity index (χ3v) is 4.37. The fourth-order valence-corrected chi connectivity index (χ4v) is 3.05. The number of hydrogen-bond acceptors (Lipinski definition) is 3. The van der Waals surface area contributed by atoms with Crippen LogP contribution in [0, 0.1) is 19.7 Å². The minimum absolute atomic E-state index is 0.146. The molecule has 1 amide bonds.